The Morgan fingerprint density at radius 2 is 0.688 bits per heavy atom. The molecule has 0 amide bonds. The SMILES string of the molecule is CC/C=C\C/C=C\C/C=C\C/C=C\C/C=C\CCCC(=O)OC(COC(=O)CCCCCCCCCCCCCCCCCCCCCCCCCCCC/C=C\C/C=C\C/C=C\C/C=C\CC)COP(=O)(O)OCC[N+](C)(C)C. The minimum atomic E-state index is -4.41. The molecule has 0 saturated carbocycles. The number of rotatable bonds is 59. The highest BCUT2D eigenvalue weighted by molar-refractivity contribution is 7.47. The van der Waals surface area contributed by atoms with Crippen molar-refractivity contribution in [2.75, 3.05) is 47.5 Å². The molecule has 0 heterocycles. The Kier molecular flexibility index (Phi) is 57.8. The second kappa shape index (κ2) is 60.3. The molecule has 0 aliphatic heterocycles. The van der Waals surface area contributed by atoms with Gasteiger partial charge in [0.15, 0.2) is 6.10 Å². The second-order valence-corrected chi connectivity index (χ2v) is 24.2. The monoisotopic (exact) mass is 1140 g/mol. The number of carbonyl (C=O) groups excluding carboxylic acids is 2. The fourth-order valence-electron chi connectivity index (χ4n) is 8.87. The largest absolute Gasteiger partial charge is 0.472 e. The Bertz CT molecular complexity index is 1720. The van der Waals surface area contributed by atoms with Gasteiger partial charge in [0.1, 0.15) is 19.8 Å². The molecule has 0 spiro atoms. The number of ether oxygens (including phenoxy) is 2. The standard InChI is InChI=1S/C70H122NO8P/c1-6-8-10-12-14-16-18-20-22-24-25-26-27-28-29-30-31-32-33-34-35-36-37-38-39-40-41-42-43-44-45-47-48-50-52-54-56-58-60-62-69(72)76-66-68(67-78-80(74,75)77-65-64-71(3,4)5)79-70(73)63-61-59-57-55-53-51-49-46-23-21-19-17-15-13-11-9-7-2/h8-11,14-17,20-23,25-26,49,51,55,57,68H,6-7,12-13,18-19,24,27-48,50,52-54,56,58-67H2,1-5H3/p+1/b10-8-,11-9-,16-14-,17-15-,22-20-,23-21-,26-25-,51-49-,57-55-. The number of carbonyl (C=O) groups is 2. The van der Waals surface area contributed by atoms with Crippen molar-refractivity contribution in [3.8, 4) is 0 Å². The van der Waals surface area contributed by atoms with E-state index in [0.29, 0.717) is 23.9 Å². The van der Waals surface area contributed by atoms with Crippen LogP contribution in [-0.4, -0.2) is 74.9 Å². The van der Waals surface area contributed by atoms with Crippen LogP contribution in [0, 0.1) is 0 Å². The molecule has 2 atom stereocenters. The first-order chi connectivity index (χ1) is 39.0. The van der Waals surface area contributed by atoms with Gasteiger partial charge in [0.2, 0.25) is 0 Å². The van der Waals surface area contributed by atoms with Crippen molar-refractivity contribution in [3.63, 3.8) is 0 Å². The van der Waals surface area contributed by atoms with E-state index >= 15 is 0 Å². The summed E-state index contributed by atoms with van der Waals surface area (Å²) in [6, 6.07) is 0. The lowest BCUT2D eigenvalue weighted by Crippen LogP contribution is -2.37. The first-order valence-electron chi connectivity index (χ1n) is 32.6. The van der Waals surface area contributed by atoms with Crippen LogP contribution in [0.1, 0.15) is 271 Å². The van der Waals surface area contributed by atoms with Crippen LogP contribution >= 0.6 is 7.82 Å². The molecule has 0 aromatic heterocycles. The van der Waals surface area contributed by atoms with Gasteiger partial charge >= 0.3 is 19.8 Å². The van der Waals surface area contributed by atoms with E-state index in [1.165, 1.54) is 154 Å². The van der Waals surface area contributed by atoms with Gasteiger partial charge < -0.3 is 18.9 Å². The van der Waals surface area contributed by atoms with E-state index in [1.54, 1.807) is 0 Å². The van der Waals surface area contributed by atoms with Gasteiger partial charge in [-0.15, -0.1) is 0 Å². The van der Waals surface area contributed by atoms with Crippen molar-refractivity contribution >= 4 is 19.8 Å². The van der Waals surface area contributed by atoms with Crippen molar-refractivity contribution in [3.05, 3.63) is 109 Å². The lowest BCUT2D eigenvalue weighted by molar-refractivity contribution is -0.870. The molecule has 1 N–H and O–H groups in total. The topological polar surface area (TPSA) is 108 Å². The molecule has 0 radical (unpaired) electrons. The summed E-state index contributed by atoms with van der Waals surface area (Å²) in [7, 11) is 1.44. The molecular formula is C70H123NO8P+. The minimum Gasteiger partial charge on any atom is -0.462 e. The number of quaternary nitrogens is 1. The summed E-state index contributed by atoms with van der Waals surface area (Å²) in [6.07, 6.45) is 85.1. The van der Waals surface area contributed by atoms with E-state index in [2.05, 4.69) is 117 Å². The molecule has 0 aliphatic carbocycles. The van der Waals surface area contributed by atoms with Gasteiger partial charge in [0, 0.05) is 12.8 Å². The van der Waals surface area contributed by atoms with E-state index in [4.69, 9.17) is 18.5 Å². The summed E-state index contributed by atoms with van der Waals surface area (Å²) in [5, 5.41) is 0. The van der Waals surface area contributed by atoms with Gasteiger partial charge in [0.25, 0.3) is 0 Å². The van der Waals surface area contributed by atoms with Crippen LogP contribution < -0.4 is 0 Å². The molecule has 0 bridgehead atoms. The molecule has 0 fully saturated rings. The van der Waals surface area contributed by atoms with Crippen molar-refractivity contribution in [2.45, 2.75) is 277 Å². The van der Waals surface area contributed by atoms with Crippen LogP contribution in [0.25, 0.3) is 0 Å². The van der Waals surface area contributed by atoms with Crippen LogP contribution in [0.3, 0.4) is 0 Å². The Labute approximate surface area is 493 Å². The molecule has 0 rings (SSSR count). The maximum Gasteiger partial charge on any atom is 0.472 e. The summed E-state index contributed by atoms with van der Waals surface area (Å²) in [4.78, 5) is 35.7. The van der Waals surface area contributed by atoms with E-state index in [0.717, 1.165) is 77.0 Å². The molecule has 9 nitrogen and oxygen atoms in total. The van der Waals surface area contributed by atoms with Crippen molar-refractivity contribution in [1.29, 1.82) is 0 Å². The quantitative estimate of drug-likeness (QED) is 0.0211. The van der Waals surface area contributed by atoms with E-state index in [1.807, 2.05) is 27.2 Å². The van der Waals surface area contributed by atoms with Gasteiger partial charge in [-0.05, 0) is 89.9 Å². The second-order valence-electron chi connectivity index (χ2n) is 22.7. The van der Waals surface area contributed by atoms with Gasteiger partial charge in [-0.3, -0.25) is 18.6 Å². The Morgan fingerprint density at radius 1 is 0.388 bits per heavy atom. The zero-order chi connectivity index (χ0) is 58.4. The summed E-state index contributed by atoms with van der Waals surface area (Å²) in [5.41, 5.74) is 0. The number of phosphoric acid groups is 1. The smallest absolute Gasteiger partial charge is 0.462 e. The molecule has 0 aromatic carbocycles. The third-order valence-electron chi connectivity index (χ3n) is 13.8. The first-order valence-corrected chi connectivity index (χ1v) is 34.1. The number of nitrogens with zero attached hydrogens (tertiary/aromatic N) is 1. The zero-order valence-electron chi connectivity index (χ0n) is 52.3. The van der Waals surface area contributed by atoms with Gasteiger partial charge in [-0.2, -0.15) is 0 Å². The van der Waals surface area contributed by atoms with E-state index in [-0.39, 0.29) is 32.0 Å². The summed E-state index contributed by atoms with van der Waals surface area (Å²) < 4.78 is 34.5. The van der Waals surface area contributed by atoms with Crippen LogP contribution in [0.4, 0.5) is 0 Å². The summed E-state index contributed by atoms with van der Waals surface area (Å²) in [6.45, 7) is 4.15. The fourth-order valence-corrected chi connectivity index (χ4v) is 9.61. The number of allylic oxidation sites excluding steroid dienone is 18. The van der Waals surface area contributed by atoms with E-state index < -0.39 is 26.5 Å². The first kappa shape index (κ1) is 76.7. The predicted molar refractivity (Wildman–Crippen MR) is 344 cm³/mol. The van der Waals surface area contributed by atoms with Gasteiger partial charge in [-0.25, -0.2) is 4.57 Å². The molecule has 0 saturated heterocycles. The highest BCUT2D eigenvalue weighted by atomic mass is 31.2. The number of likely N-dealkylation sites (N-methyl/N-ethyl adjacent to an activating group) is 1. The average Bonchev–Trinajstić information content (AvgIpc) is 3.42. The molecular weight excluding hydrogens is 1010 g/mol. The number of phosphoric ester groups is 1. The average molecular weight is 1140 g/mol. The van der Waals surface area contributed by atoms with Gasteiger partial charge in [0.05, 0.1) is 27.7 Å². The molecule has 0 aliphatic rings. The Balaban J connectivity index is 3.95. The van der Waals surface area contributed by atoms with Crippen molar-refractivity contribution in [2.24, 2.45) is 0 Å². The fraction of sp³-hybridized carbons (Fsp3) is 0.714. The maximum absolute atomic E-state index is 12.8. The van der Waals surface area contributed by atoms with Crippen LogP contribution in [0.2, 0.25) is 0 Å². The highest BCUT2D eigenvalue weighted by Crippen LogP contribution is 2.43. The zero-order valence-corrected chi connectivity index (χ0v) is 53.2. The third-order valence-corrected chi connectivity index (χ3v) is 14.8. The highest BCUT2D eigenvalue weighted by Gasteiger charge is 2.27. The Hall–Kier alpha value is -3.33. The predicted octanol–water partition coefficient (Wildman–Crippen LogP) is 20.9. The minimum absolute atomic E-state index is 0.0180. The van der Waals surface area contributed by atoms with Crippen LogP contribution in [0.15, 0.2) is 109 Å². The third kappa shape index (κ3) is 63.8. The maximum atomic E-state index is 12.8. The molecule has 2 unspecified atom stereocenters. The van der Waals surface area contributed by atoms with Crippen molar-refractivity contribution in [1.82, 2.24) is 0 Å². The molecule has 0 aromatic rings. The van der Waals surface area contributed by atoms with Crippen LogP contribution in [0.5, 0.6) is 0 Å². The van der Waals surface area contributed by atoms with Crippen LogP contribution in [-0.2, 0) is 32.7 Å². The number of esters is 2. The molecule has 80 heavy (non-hydrogen) atoms. The van der Waals surface area contributed by atoms with E-state index in [9.17, 15) is 19.0 Å². The Morgan fingerprint density at radius 3 is 1.04 bits per heavy atom. The lowest BCUT2D eigenvalue weighted by Gasteiger charge is -2.24. The summed E-state index contributed by atoms with van der Waals surface area (Å²) >= 11 is 0. The summed E-state index contributed by atoms with van der Waals surface area (Å²) in [5.74, 6) is -0.862. The number of hydrogen-bond donors (Lipinski definition) is 1. The molecule has 10 heteroatoms. The van der Waals surface area contributed by atoms with Gasteiger partial charge in [-0.1, -0.05) is 277 Å². The molecule has 460 valence electrons. The number of unbranched alkanes of at least 4 members (excludes halogenated alkanes) is 27. The normalized spacial score (nSPS) is 13.9. The lowest BCUT2D eigenvalue weighted by atomic mass is 10.0. The number of hydrogen-bond acceptors (Lipinski definition) is 7. The van der Waals surface area contributed by atoms with Crippen molar-refractivity contribution < 1.29 is 42.1 Å².